The van der Waals surface area contributed by atoms with Crippen molar-refractivity contribution in [1.82, 2.24) is 4.72 Å². The van der Waals surface area contributed by atoms with Gasteiger partial charge in [-0.25, -0.2) is 13.1 Å². The Labute approximate surface area is 120 Å². The topological polar surface area (TPSA) is 83.5 Å². The molecular formula is C14H21NO4S. The van der Waals surface area contributed by atoms with Crippen molar-refractivity contribution in [1.29, 1.82) is 0 Å². The summed E-state index contributed by atoms with van der Waals surface area (Å²) in [6, 6.07) is 6.11. The zero-order chi connectivity index (χ0) is 15.2. The molecule has 112 valence electrons. The minimum absolute atomic E-state index is 0.204. The lowest BCUT2D eigenvalue weighted by Crippen LogP contribution is -2.41. The highest BCUT2D eigenvalue weighted by molar-refractivity contribution is 7.88. The number of aryl methyl sites for hydroxylation is 1. The van der Waals surface area contributed by atoms with Gasteiger partial charge in [0.2, 0.25) is 10.0 Å². The van der Waals surface area contributed by atoms with Crippen molar-refractivity contribution in [3.05, 3.63) is 35.4 Å². The minimum atomic E-state index is -3.66. The molecule has 6 heteroatoms. The third-order valence-electron chi connectivity index (χ3n) is 2.91. The van der Waals surface area contributed by atoms with Gasteiger partial charge in [-0.1, -0.05) is 49.6 Å². The second-order valence-electron chi connectivity index (χ2n) is 4.90. The molecular weight excluding hydrogens is 278 g/mol. The molecule has 0 aliphatic carbocycles. The van der Waals surface area contributed by atoms with Gasteiger partial charge in [0.25, 0.3) is 0 Å². The number of hydrogen-bond donors (Lipinski definition) is 2. The molecule has 20 heavy (non-hydrogen) atoms. The van der Waals surface area contributed by atoms with E-state index in [1.807, 2.05) is 19.9 Å². The van der Waals surface area contributed by atoms with Gasteiger partial charge in [-0.2, -0.15) is 0 Å². The van der Waals surface area contributed by atoms with Crippen molar-refractivity contribution in [3.63, 3.8) is 0 Å². The molecule has 0 heterocycles. The van der Waals surface area contributed by atoms with Crippen molar-refractivity contribution in [2.45, 2.75) is 44.9 Å². The highest BCUT2D eigenvalue weighted by atomic mass is 32.2. The number of aliphatic carboxylic acids is 1. The average Bonchev–Trinajstić information content (AvgIpc) is 2.33. The molecule has 2 N–H and O–H groups in total. The van der Waals surface area contributed by atoms with E-state index in [1.165, 1.54) is 0 Å². The van der Waals surface area contributed by atoms with Crippen LogP contribution in [0.25, 0.3) is 0 Å². The van der Waals surface area contributed by atoms with Gasteiger partial charge in [-0.3, -0.25) is 4.79 Å². The van der Waals surface area contributed by atoms with E-state index < -0.39 is 22.0 Å². The molecule has 1 rings (SSSR count). The van der Waals surface area contributed by atoms with Crippen LogP contribution in [-0.4, -0.2) is 25.5 Å². The lowest BCUT2D eigenvalue weighted by molar-refractivity contribution is -0.139. The number of hydrogen-bond acceptors (Lipinski definition) is 3. The van der Waals surface area contributed by atoms with Crippen molar-refractivity contribution in [2.24, 2.45) is 0 Å². The molecule has 0 spiro atoms. The van der Waals surface area contributed by atoms with Crippen LogP contribution in [0.4, 0.5) is 0 Å². The molecule has 0 radical (unpaired) electrons. The number of benzene rings is 1. The van der Waals surface area contributed by atoms with E-state index in [9.17, 15) is 13.2 Å². The molecule has 0 saturated carbocycles. The van der Waals surface area contributed by atoms with Crippen LogP contribution in [0, 0.1) is 6.92 Å². The van der Waals surface area contributed by atoms with E-state index >= 15 is 0 Å². The summed E-state index contributed by atoms with van der Waals surface area (Å²) in [6.45, 7) is 3.81. The first-order valence-corrected chi connectivity index (χ1v) is 8.27. The van der Waals surface area contributed by atoms with Crippen LogP contribution < -0.4 is 4.72 Å². The van der Waals surface area contributed by atoms with Gasteiger partial charge in [0.05, 0.1) is 5.75 Å². The van der Waals surface area contributed by atoms with Gasteiger partial charge in [0, 0.05) is 0 Å². The SMILES string of the molecule is CCCC[C@H](NS(=O)(=O)Cc1cccc(C)c1)C(=O)O. The largest absolute Gasteiger partial charge is 0.480 e. The molecule has 0 aliphatic rings. The molecule has 1 aromatic rings. The van der Waals surface area contributed by atoms with E-state index in [4.69, 9.17) is 5.11 Å². The predicted octanol–water partition coefficient (Wildman–Crippen LogP) is 2.06. The summed E-state index contributed by atoms with van der Waals surface area (Å²) in [4.78, 5) is 11.1. The second kappa shape index (κ2) is 7.40. The fraction of sp³-hybridized carbons (Fsp3) is 0.500. The summed E-state index contributed by atoms with van der Waals surface area (Å²) >= 11 is 0. The van der Waals surface area contributed by atoms with Crippen LogP contribution in [0.15, 0.2) is 24.3 Å². The van der Waals surface area contributed by atoms with Crippen LogP contribution >= 0.6 is 0 Å². The van der Waals surface area contributed by atoms with E-state index in [0.29, 0.717) is 18.4 Å². The quantitative estimate of drug-likeness (QED) is 0.769. The maximum Gasteiger partial charge on any atom is 0.321 e. The summed E-state index contributed by atoms with van der Waals surface area (Å²) in [7, 11) is -3.66. The standard InChI is InChI=1S/C14H21NO4S/c1-3-4-8-13(14(16)17)15-20(18,19)10-12-7-5-6-11(2)9-12/h5-7,9,13,15H,3-4,8,10H2,1-2H3,(H,16,17)/t13-/m0/s1. The molecule has 0 aromatic heterocycles. The number of unbranched alkanes of at least 4 members (excludes halogenated alkanes) is 1. The molecule has 0 unspecified atom stereocenters. The number of carboxylic acid groups (broad SMARTS) is 1. The molecule has 0 fully saturated rings. The van der Waals surface area contributed by atoms with Crippen LogP contribution in [0.1, 0.15) is 37.3 Å². The summed E-state index contributed by atoms with van der Waals surface area (Å²) in [5.41, 5.74) is 1.62. The van der Waals surface area contributed by atoms with Crippen LogP contribution in [0.5, 0.6) is 0 Å². The number of sulfonamides is 1. The zero-order valence-corrected chi connectivity index (χ0v) is 12.6. The van der Waals surface area contributed by atoms with E-state index in [-0.39, 0.29) is 5.75 Å². The third kappa shape index (κ3) is 5.71. The Bertz CT molecular complexity index is 554. The number of nitrogens with one attached hydrogen (secondary N) is 1. The van der Waals surface area contributed by atoms with Gasteiger partial charge < -0.3 is 5.11 Å². The van der Waals surface area contributed by atoms with Crippen LogP contribution in [-0.2, 0) is 20.6 Å². The van der Waals surface area contributed by atoms with E-state index in [2.05, 4.69) is 4.72 Å². The van der Waals surface area contributed by atoms with Gasteiger partial charge >= 0.3 is 5.97 Å². The first kappa shape index (κ1) is 16.7. The van der Waals surface area contributed by atoms with Crippen molar-refractivity contribution < 1.29 is 18.3 Å². The fourth-order valence-electron chi connectivity index (χ4n) is 1.92. The van der Waals surface area contributed by atoms with Gasteiger partial charge in [-0.15, -0.1) is 0 Å². The number of carbonyl (C=O) groups is 1. The van der Waals surface area contributed by atoms with Crippen molar-refractivity contribution in [2.75, 3.05) is 0 Å². The predicted molar refractivity (Wildman–Crippen MR) is 77.9 cm³/mol. The van der Waals surface area contributed by atoms with Crippen LogP contribution in [0.3, 0.4) is 0 Å². The Morgan fingerprint density at radius 3 is 2.65 bits per heavy atom. The Morgan fingerprint density at radius 1 is 1.40 bits per heavy atom. The first-order chi connectivity index (χ1) is 9.34. The maximum absolute atomic E-state index is 12.0. The van der Waals surface area contributed by atoms with E-state index in [1.54, 1.807) is 18.2 Å². The molecule has 0 bridgehead atoms. The molecule has 0 amide bonds. The number of carboxylic acids is 1. The zero-order valence-electron chi connectivity index (χ0n) is 11.8. The summed E-state index contributed by atoms with van der Waals surface area (Å²) in [5.74, 6) is -1.34. The average molecular weight is 299 g/mol. The van der Waals surface area contributed by atoms with Crippen LogP contribution in [0.2, 0.25) is 0 Å². The Hall–Kier alpha value is -1.40. The highest BCUT2D eigenvalue weighted by Gasteiger charge is 2.23. The Kier molecular flexibility index (Phi) is 6.16. The highest BCUT2D eigenvalue weighted by Crippen LogP contribution is 2.10. The lowest BCUT2D eigenvalue weighted by atomic mass is 10.1. The minimum Gasteiger partial charge on any atom is -0.480 e. The first-order valence-electron chi connectivity index (χ1n) is 6.62. The van der Waals surface area contributed by atoms with Crippen molar-refractivity contribution in [3.8, 4) is 0 Å². The number of rotatable bonds is 8. The monoisotopic (exact) mass is 299 g/mol. The smallest absolute Gasteiger partial charge is 0.321 e. The fourth-order valence-corrected chi connectivity index (χ4v) is 3.27. The van der Waals surface area contributed by atoms with Crippen molar-refractivity contribution >= 4 is 16.0 Å². The normalized spacial score (nSPS) is 13.1. The third-order valence-corrected chi connectivity index (χ3v) is 4.26. The van der Waals surface area contributed by atoms with Gasteiger partial charge in [-0.05, 0) is 18.9 Å². The Morgan fingerprint density at radius 2 is 2.10 bits per heavy atom. The summed E-state index contributed by atoms with van der Waals surface area (Å²) < 4.78 is 26.3. The van der Waals surface area contributed by atoms with Gasteiger partial charge in [0.15, 0.2) is 0 Å². The molecule has 5 nitrogen and oxygen atoms in total. The maximum atomic E-state index is 12.0. The summed E-state index contributed by atoms with van der Waals surface area (Å²) in [5, 5.41) is 9.05. The molecule has 0 saturated heterocycles. The molecule has 1 atom stereocenters. The molecule has 1 aromatic carbocycles. The molecule has 0 aliphatic heterocycles. The summed E-state index contributed by atoms with van der Waals surface area (Å²) in [6.07, 6.45) is 1.80. The van der Waals surface area contributed by atoms with E-state index in [0.717, 1.165) is 12.0 Å². The Balaban J connectivity index is 2.75. The van der Waals surface area contributed by atoms with Gasteiger partial charge in [0.1, 0.15) is 6.04 Å². The lowest BCUT2D eigenvalue weighted by Gasteiger charge is -2.14. The second-order valence-corrected chi connectivity index (χ2v) is 6.65.